The van der Waals surface area contributed by atoms with Gasteiger partial charge < -0.3 is 13.8 Å². The lowest BCUT2D eigenvalue weighted by Gasteiger charge is -2.09. The molecule has 1 atom stereocenters. The summed E-state index contributed by atoms with van der Waals surface area (Å²) in [4.78, 5) is 8.66. The van der Waals surface area contributed by atoms with Crippen molar-refractivity contribution < 1.29 is 9.26 Å². The summed E-state index contributed by atoms with van der Waals surface area (Å²) in [6, 6.07) is 5.83. The molecule has 0 saturated heterocycles. The Balaban J connectivity index is 2.03. The zero-order chi connectivity index (χ0) is 14.8. The number of aromatic nitrogens is 4. The molecule has 0 aliphatic heterocycles. The van der Waals surface area contributed by atoms with Crippen molar-refractivity contribution >= 4 is 22.6 Å². The Morgan fingerprint density at radius 2 is 2.29 bits per heavy atom. The summed E-state index contributed by atoms with van der Waals surface area (Å²) < 4.78 is 12.5. The van der Waals surface area contributed by atoms with Gasteiger partial charge >= 0.3 is 0 Å². The van der Waals surface area contributed by atoms with Crippen molar-refractivity contribution in [2.75, 3.05) is 7.11 Å². The monoisotopic (exact) mass is 306 g/mol. The number of aryl methyl sites for hydroxylation is 2. The van der Waals surface area contributed by atoms with Gasteiger partial charge in [-0.15, -0.1) is 11.6 Å². The summed E-state index contributed by atoms with van der Waals surface area (Å²) in [5, 5.41) is 3.41. The molecule has 0 aliphatic carbocycles. The molecule has 1 aromatic carbocycles. The largest absolute Gasteiger partial charge is 0.494 e. The highest BCUT2D eigenvalue weighted by molar-refractivity contribution is 6.20. The van der Waals surface area contributed by atoms with Crippen molar-refractivity contribution in [3.05, 3.63) is 36.2 Å². The second-order valence-electron chi connectivity index (χ2n) is 4.65. The zero-order valence-corrected chi connectivity index (χ0v) is 12.5. The minimum absolute atomic E-state index is 0.204. The van der Waals surface area contributed by atoms with E-state index in [1.165, 1.54) is 6.33 Å². The molecular weight excluding hydrogens is 292 g/mol. The van der Waals surface area contributed by atoms with Gasteiger partial charge in [0.2, 0.25) is 5.89 Å². The number of fused-ring (bicyclic) bond motifs is 1. The van der Waals surface area contributed by atoms with Crippen LogP contribution < -0.4 is 4.74 Å². The van der Waals surface area contributed by atoms with Crippen LogP contribution in [-0.4, -0.2) is 26.8 Å². The first kappa shape index (κ1) is 13.9. The number of halogens is 1. The first-order valence-electron chi connectivity index (χ1n) is 6.63. The summed E-state index contributed by atoms with van der Waals surface area (Å²) in [7, 11) is 1.63. The van der Waals surface area contributed by atoms with E-state index >= 15 is 0 Å². The summed E-state index contributed by atoms with van der Waals surface area (Å²) >= 11 is 6.26. The average molecular weight is 307 g/mol. The molecule has 110 valence electrons. The van der Waals surface area contributed by atoms with Gasteiger partial charge in [-0.2, -0.15) is 4.98 Å². The van der Waals surface area contributed by atoms with E-state index in [0.29, 0.717) is 18.9 Å². The molecule has 0 radical (unpaired) electrons. The quantitative estimate of drug-likeness (QED) is 0.678. The molecule has 7 heteroatoms. The molecule has 0 saturated carbocycles. The van der Waals surface area contributed by atoms with Crippen LogP contribution in [0.5, 0.6) is 5.75 Å². The van der Waals surface area contributed by atoms with Crippen molar-refractivity contribution in [1.29, 1.82) is 0 Å². The van der Waals surface area contributed by atoms with Gasteiger partial charge in [-0.3, -0.25) is 0 Å². The number of ether oxygens (including phenoxy) is 1. The SMILES string of the molecule is COc1cccc2c1nc(C(C)Cl)n2CCc1ncno1. The number of alkyl halides is 1. The number of imidazole rings is 1. The Morgan fingerprint density at radius 1 is 1.43 bits per heavy atom. The van der Waals surface area contributed by atoms with Crippen molar-refractivity contribution in [3.63, 3.8) is 0 Å². The molecule has 0 spiro atoms. The lowest BCUT2D eigenvalue weighted by atomic mass is 10.3. The summed E-state index contributed by atoms with van der Waals surface area (Å²) in [6.07, 6.45) is 2.02. The van der Waals surface area contributed by atoms with E-state index in [0.717, 1.165) is 22.6 Å². The molecule has 6 nitrogen and oxygen atoms in total. The van der Waals surface area contributed by atoms with Crippen LogP contribution in [0.3, 0.4) is 0 Å². The van der Waals surface area contributed by atoms with Crippen LogP contribution in [0.2, 0.25) is 0 Å². The van der Waals surface area contributed by atoms with Gasteiger partial charge in [-0.25, -0.2) is 4.98 Å². The summed E-state index contributed by atoms with van der Waals surface area (Å²) in [5.74, 6) is 2.13. The molecule has 21 heavy (non-hydrogen) atoms. The van der Waals surface area contributed by atoms with E-state index in [1.54, 1.807) is 7.11 Å². The van der Waals surface area contributed by atoms with Crippen LogP contribution >= 0.6 is 11.6 Å². The number of benzene rings is 1. The molecule has 3 rings (SSSR count). The number of para-hydroxylation sites is 1. The van der Waals surface area contributed by atoms with Gasteiger partial charge in [-0.1, -0.05) is 11.2 Å². The molecule has 0 amide bonds. The van der Waals surface area contributed by atoms with Crippen molar-refractivity contribution in [2.45, 2.75) is 25.3 Å². The smallest absolute Gasteiger partial charge is 0.228 e. The lowest BCUT2D eigenvalue weighted by Crippen LogP contribution is -2.07. The first-order valence-corrected chi connectivity index (χ1v) is 7.07. The Bertz CT molecular complexity index is 737. The van der Waals surface area contributed by atoms with Gasteiger partial charge in [0.05, 0.1) is 18.0 Å². The Kier molecular flexibility index (Phi) is 3.79. The molecule has 0 aliphatic rings. The van der Waals surface area contributed by atoms with E-state index in [1.807, 2.05) is 25.1 Å². The van der Waals surface area contributed by atoms with Gasteiger partial charge in [0.25, 0.3) is 0 Å². The first-order chi connectivity index (χ1) is 10.2. The van der Waals surface area contributed by atoms with E-state index < -0.39 is 0 Å². The van der Waals surface area contributed by atoms with Crippen LogP contribution in [0.4, 0.5) is 0 Å². The minimum atomic E-state index is -0.204. The molecule has 3 aromatic rings. The Hall–Kier alpha value is -2.08. The van der Waals surface area contributed by atoms with Crippen molar-refractivity contribution in [2.24, 2.45) is 0 Å². The average Bonchev–Trinajstić information content (AvgIpc) is 3.11. The highest BCUT2D eigenvalue weighted by atomic mass is 35.5. The molecule has 0 fully saturated rings. The third-order valence-electron chi connectivity index (χ3n) is 3.30. The third-order valence-corrected chi connectivity index (χ3v) is 3.50. The topological polar surface area (TPSA) is 66.0 Å². The molecule has 0 bridgehead atoms. The van der Waals surface area contributed by atoms with E-state index in [-0.39, 0.29) is 5.38 Å². The predicted octanol–water partition coefficient (Wildman–Crippen LogP) is 2.97. The molecule has 2 aromatic heterocycles. The summed E-state index contributed by atoms with van der Waals surface area (Å²) in [5.41, 5.74) is 1.80. The fourth-order valence-electron chi connectivity index (χ4n) is 2.36. The van der Waals surface area contributed by atoms with Crippen molar-refractivity contribution in [1.82, 2.24) is 19.7 Å². The zero-order valence-electron chi connectivity index (χ0n) is 11.8. The Morgan fingerprint density at radius 3 is 2.95 bits per heavy atom. The van der Waals surface area contributed by atoms with Crippen LogP contribution in [0.1, 0.15) is 24.0 Å². The third kappa shape index (κ3) is 2.58. The van der Waals surface area contributed by atoms with Gasteiger partial charge in [0.15, 0.2) is 6.33 Å². The fourth-order valence-corrected chi connectivity index (χ4v) is 2.52. The maximum Gasteiger partial charge on any atom is 0.228 e. The van der Waals surface area contributed by atoms with Crippen LogP contribution in [-0.2, 0) is 13.0 Å². The maximum atomic E-state index is 6.26. The van der Waals surface area contributed by atoms with E-state index in [9.17, 15) is 0 Å². The normalized spacial score (nSPS) is 12.7. The second-order valence-corrected chi connectivity index (χ2v) is 5.31. The molecule has 0 N–H and O–H groups in total. The van der Waals surface area contributed by atoms with Crippen LogP contribution in [0, 0.1) is 0 Å². The lowest BCUT2D eigenvalue weighted by molar-refractivity contribution is 0.371. The minimum Gasteiger partial charge on any atom is -0.494 e. The second kappa shape index (κ2) is 5.73. The standard InChI is InChI=1S/C14H15ClN4O2/c1-9(15)14-18-13-10(4-3-5-11(13)20-2)19(14)7-6-12-16-8-17-21-12/h3-5,8-9H,6-7H2,1-2H3. The van der Waals surface area contributed by atoms with E-state index in [4.69, 9.17) is 20.9 Å². The maximum absolute atomic E-state index is 6.26. The van der Waals surface area contributed by atoms with E-state index in [2.05, 4.69) is 19.7 Å². The molecule has 1 unspecified atom stereocenters. The number of hydrogen-bond donors (Lipinski definition) is 0. The Labute approximate surface area is 126 Å². The number of rotatable bonds is 5. The molecule has 2 heterocycles. The summed E-state index contributed by atoms with van der Waals surface area (Å²) in [6.45, 7) is 2.57. The van der Waals surface area contributed by atoms with Crippen molar-refractivity contribution in [3.8, 4) is 5.75 Å². The number of hydrogen-bond acceptors (Lipinski definition) is 5. The van der Waals surface area contributed by atoms with Gasteiger partial charge in [0.1, 0.15) is 17.1 Å². The predicted molar refractivity (Wildman–Crippen MR) is 78.6 cm³/mol. The number of methoxy groups -OCH3 is 1. The van der Waals surface area contributed by atoms with Crippen LogP contribution in [0.25, 0.3) is 11.0 Å². The van der Waals surface area contributed by atoms with Crippen LogP contribution in [0.15, 0.2) is 29.0 Å². The molecular formula is C14H15ClN4O2. The highest BCUT2D eigenvalue weighted by Crippen LogP contribution is 2.30. The fraction of sp³-hybridized carbons (Fsp3) is 0.357. The number of nitrogens with zero attached hydrogens (tertiary/aromatic N) is 4. The highest BCUT2D eigenvalue weighted by Gasteiger charge is 2.17. The van der Waals surface area contributed by atoms with Gasteiger partial charge in [0, 0.05) is 13.0 Å². The van der Waals surface area contributed by atoms with Gasteiger partial charge in [-0.05, 0) is 19.1 Å².